The summed E-state index contributed by atoms with van der Waals surface area (Å²) in [5.74, 6) is 0.341. The molecule has 0 aliphatic carbocycles. The minimum absolute atomic E-state index is 0.0744. The summed E-state index contributed by atoms with van der Waals surface area (Å²) < 4.78 is 33.8. The Morgan fingerprint density at radius 2 is 1.90 bits per heavy atom. The Bertz CT molecular complexity index is 1390. The first kappa shape index (κ1) is 20.3. The van der Waals surface area contributed by atoms with Crippen LogP contribution in [-0.2, 0) is 10.0 Å². The van der Waals surface area contributed by atoms with Gasteiger partial charge in [0.25, 0.3) is 15.9 Å². The Morgan fingerprint density at radius 1 is 1.06 bits per heavy atom. The first-order valence-corrected chi connectivity index (χ1v) is 10.7. The van der Waals surface area contributed by atoms with Crippen molar-refractivity contribution in [2.75, 3.05) is 4.72 Å². The SMILES string of the molecule is Cc1c(Oc2ccc3c(NS(=O)(=O)c4cccnc4)cccc3c2)ccnc1C(N)=O. The van der Waals surface area contributed by atoms with E-state index < -0.39 is 15.9 Å². The number of aromatic nitrogens is 2. The highest BCUT2D eigenvalue weighted by Crippen LogP contribution is 2.32. The lowest BCUT2D eigenvalue weighted by Gasteiger charge is -2.13. The first-order valence-electron chi connectivity index (χ1n) is 9.24. The lowest BCUT2D eigenvalue weighted by atomic mass is 10.1. The van der Waals surface area contributed by atoms with E-state index in [0.29, 0.717) is 28.1 Å². The molecule has 4 rings (SSSR count). The second-order valence-electron chi connectivity index (χ2n) is 6.73. The number of carbonyl (C=O) groups excluding carboxylic acids is 1. The molecular weight excluding hydrogens is 416 g/mol. The molecule has 4 aromatic rings. The Morgan fingerprint density at radius 3 is 2.65 bits per heavy atom. The van der Waals surface area contributed by atoms with Gasteiger partial charge in [0.15, 0.2) is 0 Å². The highest BCUT2D eigenvalue weighted by Gasteiger charge is 2.16. The van der Waals surface area contributed by atoms with Gasteiger partial charge in [-0.2, -0.15) is 0 Å². The molecule has 0 aliphatic heterocycles. The highest BCUT2D eigenvalue weighted by molar-refractivity contribution is 7.92. The number of rotatable bonds is 6. The van der Waals surface area contributed by atoms with Gasteiger partial charge in [0.2, 0.25) is 0 Å². The summed E-state index contributed by atoms with van der Waals surface area (Å²) >= 11 is 0. The predicted molar refractivity (Wildman–Crippen MR) is 117 cm³/mol. The van der Waals surface area contributed by atoms with Crippen LogP contribution in [0, 0.1) is 6.92 Å². The van der Waals surface area contributed by atoms with Gasteiger partial charge in [-0.05, 0) is 54.8 Å². The Labute approximate surface area is 178 Å². The molecule has 0 saturated carbocycles. The van der Waals surface area contributed by atoms with Crippen molar-refractivity contribution >= 4 is 32.4 Å². The van der Waals surface area contributed by atoms with Crippen molar-refractivity contribution in [3.63, 3.8) is 0 Å². The van der Waals surface area contributed by atoms with Crippen molar-refractivity contribution in [3.05, 3.63) is 84.4 Å². The van der Waals surface area contributed by atoms with Crippen molar-refractivity contribution < 1.29 is 17.9 Å². The van der Waals surface area contributed by atoms with Crippen LogP contribution in [0.2, 0.25) is 0 Å². The van der Waals surface area contributed by atoms with E-state index in [1.54, 1.807) is 49.4 Å². The van der Waals surface area contributed by atoms with E-state index in [1.165, 1.54) is 24.7 Å². The number of sulfonamides is 1. The maximum absolute atomic E-state index is 12.7. The molecule has 0 saturated heterocycles. The number of anilines is 1. The van der Waals surface area contributed by atoms with E-state index in [9.17, 15) is 13.2 Å². The van der Waals surface area contributed by atoms with Crippen LogP contribution in [0.1, 0.15) is 16.1 Å². The third-order valence-electron chi connectivity index (χ3n) is 4.66. The monoisotopic (exact) mass is 434 g/mol. The predicted octanol–water partition coefficient (Wildman–Crippen LogP) is 3.63. The molecule has 31 heavy (non-hydrogen) atoms. The third kappa shape index (κ3) is 4.17. The number of nitrogens with one attached hydrogen (secondary N) is 1. The maximum atomic E-state index is 12.7. The van der Waals surface area contributed by atoms with Crippen LogP contribution >= 0.6 is 0 Å². The Hall–Kier alpha value is -3.98. The number of amides is 1. The number of nitrogens with two attached hydrogens (primary N) is 1. The number of hydrogen-bond acceptors (Lipinski definition) is 6. The van der Waals surface area contributed by atoms with Gasteiger partial charge < -0.3 is 10.5 Å². The molecule has 0 aliphatic rings. The summed E-state index contributed by atoms with van der Waals surface area (Å²) in [6, 6.07) is 15.2. The van der Waals surface area contributed by atoms with Crippen LogP contribution in [0.4, 0.5) is 5.69 Å². The van der Waals surface area contributed by atoms with Gasteiger partial charge >= 0.3 is 0 Å². The van der Waals surface area contributed by atoms with Crippen molar-refractivity contribution in [1.29, 1.82) is 0 Å². The van der Waals surface area contributed by atoms with E-state index in [4.69, 9.17) is 10.5 Å². The van der Waals surface area contributed by atoms with Crippen LogP contribution in [0.3, 0.4) is 0 Å². The first-order chi connectivity index (χ1) is 14.8. The van der Waals surface area contributed by atoms with Gasteiger partial charge in [0, 0.05) is 29.5 Å². The summed E-state index contributed by atoms with van der Waals surface area (Å²) in [6.45, 7) is 1.70. The Balaban J connectivity index is 1.66. The average Bonchev–Trinajstić information content (AvgIpc) is 2.75. The summed E-state index contributed by atoms with van der Waals surface area (Å²) in [5.41, 5.74) is 6.46. The van der Waals surface area contributed by atoms with Gasteiger partial charge in [-0.1, -0.05) is 12.1 Å². The fourth-order valence-corrected chi connectivity index (χ4v) is 4.17. The lowest BCUT2D eigenvalue weighted by molar-refractivity contribution is 0.0994. The third-order valence-corrected chi connectivity index (χ3v) is 6.01. The van der Waals surface area contributed by atoms with Gasteiger partial charge in [-0.15, -0.1) is 0 Å². The van der Waals surface area contributed by atoms with Crippen LogP contribution in [-0.4, -0.2) is 24.3 Å². The number of ether oxygens (including phenoxy) is 1. The van der Waals surface area contributed by atoms with Crippen molar-refractivity contribution in [3.8, 4) is 11.5 Å². The summed E-state index contributed by atoms with van der Waals surface area (Å²) in [6.07, 6.45) is 4.25. The van der Waals surface area contributed by atoms with Gasteiger partial charge in [-0.3, -0.25) is 19.5 Å². The fourth-order valence-electron chi connectivity index (χ4n) is 3.13. The molecule has 156 valence electrons. The number of primary amides is 1. The van der Waals surface area contributed by atoms with Gasteiger partial charge in [0.05, 0.1) is 5.69 Å². The van der Waals surface area contributed by atoms with Crippen molar-refractivity contribution in [2.24, 2.45) is 5.73 Å². The molecule has 2 aromatic heterocycles. The molecule has 0 bridgehead atoms. The topological polar surface area (TPSA) is 124 Å². The number of hydrogen-bond donors (Lipinski definition) is 2. The molecule has 0 fully saturated rings. The van der Waals surface area contributed by atoms with E-state index in [2.05, 4.69) is 14.7 Å². The number of benzene rings is 2. The number of carbonyl (C=O) groups is 1. The molecule has 9 heteroatoms. The zero-order valence-electron chi connectivity index (χ0n) is 16.4. The largest absolute Gasteiger partial charge is 0.457 e. The van der Waals surface area contributed by atoms with Crippen LogP contribution in [0.25, 0.3) is 10.8 Å². The molecule has 1 amide bonds. The molecule has 2 heterocycles. The molecule has 0 atom stereocenters. The van der Waals surface area contributed by atoms with E-state index in [1.807, 2.05) is 6.07 Å². The van der Waals surface area contributed by atoms with Crippen molar-refractivity contribution in [2.45, 2.75) is 11.8 Å². The smallest absolute Gasteiger partial charge is 0.267 e. The molecule has 3 N–H and O–H groups in total. The average molecular weight is 434 g/mol. The van der Waals surface area contributed by atoms with Crippen LogP contribution in [0.15, 0.2) is 78.1 Å². The number of nitrogens with zero attached hydrogens (tertiary/aromatic N) is 2. The molecular formula is C22H18N4O4S. The van der Waals surface area contributed by atoms with E-state index in [-0.39, 0.29) is 10.6 Å². The molecule has 0 radical (unpaired) electrons. The Kier molecular flexibility index (Phi) is 5.26. The molecule has 0 spiro atoms. The minimum atomic E-state index is -3.78. The lowest BCUT2D eigenvalue weighted by Crippen LogP contribution is -2.15. The quantitative estimate of drug-likeness (QED) is 0.477. The van der Waals surface area contributed by atoms with Crippen LogP contribution < -0.4 is 15.2 Å². The normalized spacial score (nSPS) is 11.3. The zero-order chi connectivity index (χ0) is 22.0. The number of pyridine rings is 2. The molecule has 0 unspecified atom stereocenters. The summed E-state index contributed by atoms with van der Waals surface area (Å²) in [4.78, 5) is 19.4. The summed E-state index contributed by atoms with van der Waals surface area (Å²) in [7, 11) is -3.78. The summed E-state index contributed by atoms with van der Waals surface area (Å²) in [5, 5.41) is 1.47. The second-order valence-corrected chi connectivity index (χ2v) is 8.41. The van der Waals surface area contributed by atoms with Gasteiger partial charge in [-0.25, -0.2) is 8.42 Å². The minimum Gasteiger partial charge on any atom is -0.457 e. The standard InChI is InChI=1S/C22H18N4O4S/c1-14-20(9-11-25-21(14)22(23)27)30-16-7-8-18-15(12-16)4-2-6-19(18)26-31(28,29)17-5-3-10-24-13-17/h2-13,26H,1H3,(H2,23,27). The maximum Gasteiger partial charge on any atom is 0.267 e. The van der Waals surface area contributed by atoms with E-state index >= 15 is 0 Å². The van der Waals surface area contributed by atoms with Crippen molar-refractivity contribution in [1.82, 2.24) is 9.97 Å². The fraction of sp³-hybridized carbons (Fsp3) is 0.0455. The van der Waals surface area contributed by atoms with E-state index in [0.717, 1.165) is 5.39 Å². The molecule has 2 aromatic carbocycles. The second kappa shape index (κ2) is 8.04. The highest BCUT2D eigenvalue weighted by atomic mass is 32.2. The molecule has 8 nitrogen and oxygen atoms in total. The zero-order valence-corrected chi connectivity index (χ0v) is 17.3. The number of fused-ring (bicyclic) bond motifs is 1. The van der Waals surface area contributed by atoms with Gasteiger partial charge in [0.1, 0.15) is 22.1 Å². The van der Waals surface area contributed by atoms with Crippen LogP contribution in [0.5, 0.6) is 11.5 Å².